The van der Waals surface area contributed by atoms with Gasteiger partial charge < -0.3 is 4.12 Å². The van der Waals surface area contributed by atoms with Crippen LogP contribution in [0.3, 0.4) is 0 Å². The summed E-state index contributed by atoms with van der Waals surface area (Å²) in [4.78, 5) is 0. The van der Waals surface area contributed by atoms with Crippen LogP contribution in [0.1, 0.15) is 20.8 Å². The first kappa shape index (κ1) is 13.7. The van der Waals surface area contributed by atoms with E-state index in [0.29, 0.717) is 0 Å². The number of benzene rings is 1. The Balaban J connectivity index is 2.98. The summed E-state index contributed by atoms with van der Waals surface area (Å²) < 4.78 is 6.47. The molecule has 1 aromatic carbocycles. The maximum atomic E-state index is 6.47. The van der Waals surface area contributed by atoms with E-state index < -0.39 is 17.4 Å². The van der Waals surface area contributed by atoms with Gasteiger partial charge in [0.15, 0.2) is 8.32 Å². The molecule has 1 unspecified atom stereocenters. The van der Waals surface area contributed by atoms with Crippen LogP contribution in [0, 0.1) is 0 Å². The maximum Gasteiger partial charge on any atom is 0.201 e. The van der Waals surface area contributed by atoms with Gasteiger partial charge in [-0.15, -0.1) is 0 Å². The lowest BCUT2D eigenvalue weighted by Crippen LogP contribution is -2.48. The Morgan fingerprint density at radius 1 is 1.00 bits per heavy atom. The van der Waals surface area contributed by atoms with Gasteiger partial charge in [0.1, 0.15) is 0 Å². The lowest BCUT2D eigenvalue weighted by molar-refractivity contribution is 0.527. The predicted octanol–water partition coefficient (Wildman–Crippen LogP) is 3.27. The summed E-state index contributed by atoms with van der Waals surface area (Å²) in [7, 11) is -2.79. The molecule has 0 radical (unpaired) electrons. The van der Waals surface area contributed by atoms with Crippen molar-refractivity contribution in [2.24, 2.45) is 0 Å². The molecule has 0 aliphatic carbocycles. The van der Waals surface area contributed by atoms with Gasteiger partial charge in [-0.2, -0.15) is 0 Å². The SMILES string of the molecule is CC(C)(C)[SiH](O[Si](C)(C)C)c1ccccc1. The highest BCUT2D eigenvalue weighted by molar-refractivity contribution is 6.83. The molecule has 0 aliphatic rings. The zero-order chi connectivity index (χ0) is 12.4. The zero-order valence-electron chi connectivity index (χ0n) is 11.4. The number of hydrogen-bond donors (Lipinski definition) is 0. The van der Waals surface area contributed by atoms with Gasteiger partial charge in [-0.25, -0.2) is 0 Å². The van der Waals surface area contributed by atoms with E-state index >= 15 is 0 Å². The molecular weight excluding hydrogens is 228 g/mol. The van der Waals surface area contributed by atoms with Crippen molar-refractivity contribution >= 4 is 22.5 Å². The van der Waals surface area contributed by atoms with Crippen molar-refractivity contribution in [2.45, 2.75) is 45.5 Å². The highest BCUT2D eigenvalue weighted by Crippen LogP contribution is 2.29. The first-order valence-electron chi connectivity index (χ1n) is 5.93. The van der Waals surface area contributed by atoms with E-state index in [-0.39, 0.29) is 5.04 Å². The van der Waals surface area contributed by atoms with Crippen LogP contribution in [-0.4, -0.2) is 17.4 Å². The molecule has 0 N–H and O–H groups in total. The Morgan fingerprint density at radius 3 is 1.88 bits per heavy atom. The summed E-state index contributed by atoms with van der Waals surface area (Å²) in [5.74, 6) is 0. The molecule has 1 atom stereocenters. The molecule has 1 aromatic rings. The summed E-state index contributed by atoms with van der Waals surface area (Å²) in [5.41, 5.74) is 0. The van der Waals surface area contributed by atoms with Gasteiger partial charge in [0.2, 0.25) is 9.04 Å². The Kier molecular flexibility index (Phi) is 4.15. The predicted molar refractivity (Wildman–Crippen MR) is 77.4 cm³/mol. The van der Waals surface area contributed by atoms with Crippen molar-refractivity contribution in [3.63, 3.8) is 0 Å². The molecule has 0 aromatic heterocycles. The van der Waals surface area contributed by atoms with E-state index in [2.05, 4.69) is 70.7 Å². The van der Waals surface area contributed by atoms with Gasteiger partial charge in [0, 0.05) is 0 Å². The number of rotatable bonds is 3. The zero-order valence-corrected chi connectivity index (χ0v) is 13.5. The van der Waals surface area contributed by atoms with Crippen LogP contribution in [0.2, 0.25) is 24.7 Å². The Bertz CT molecular complexity index is 322. The van der Waals surface area contributed by atoms with Crippen LogP contribution >= 0.6 is 0 Å². The second-order valence-electron chi connectivity index (χ2n) is 6.39. The molecular formula is C13H24OSi2. The monoisotopic (exact) mass is 252 g/mol. The van der Waals surface area contributed by atoms with Crippen LogP contribution in [-0.2, 0) is 4.12 Å². The van der Waals surface area contributed by atoms with Crippen LogP contribution < -0.4 is 5.19 Å². The van der Waals surface area contributed by atoms with E-state index in [1.165, 1.54) is 5.19 Å². The third kappa shape index (κ3) is 4.24. The van der Waals surface area contributed by atoms with E-state index in [1.54, 1.807) is 0 Å². The fourth-order valence-electron chi connectivity index (χ4n) is 1.73. The van der Waals surface area contributed by atoms with Crippen LogP contribution in [0.15, 0.2) is 30.3 Å². The summed E-state index contributed by atoms with van der Waals surface area (Å²) in [6.07, 6.45) is 0. The Morgan fingerprint density at radius 2 is 1.50 bits per heavy atom. The molecule has 0 aliphatic heterocycles. The minimum Gasteiger partial charge on any atom is -0.454 e. The molecule has 3 heteroatoms. The summed E-state index contributed by atoms with van der Waals surface area (Å²) >= 11 is 0. The van der Waals surface area contributed by atoms with Crippen molar-refractivity contribution < 1.29 is 4.12 Å². The van der Waals surface area contributed by atoms with Crippen LogP contribution in [0.4, 0.5) is 0 Å². The molecule has 90 valence electrons. The summed E-state index contributed by atoms with van der Waals surface area (Å²) in [6, 6.07) is 10.8. The van der Waals surface area contributed by atoms with Crippen molar-refractivity contribution in [3.05, 3.63) is 30.3 Å². The third-order valence-corrected chi connectivity index (χ3v) is 8.70. The van der Waals surface area contributed by atoms with Gasteiger partial charge in [0.05, 0.1) is 0 Å². The Hall–Kier alpha value is -0.386. The normalized spacial score (nSPS) is 14.9. The number of hydrogen-bond acceptors (Lipinski definition) is 1. The standard InChI is InChI=1S/C13H24OSi2/c1-13(2,3)15(14-16(4,5)6)12-10-8-7-9-11-12/h7-11,15H,1-6H3. The molecule has 1 nitrogen and oxygen atoms in total. The highest BCUT2D eigenvalue weighted by atomic mass is 28.4. The molecule has 16 heavy (non-hydrogen) atoms. The van der Waals surface area contributed by atoms with Crippen LogP contribution in [0.5, 0.6) is 0 Å². The van der Waals surface area contributed by atoms with Crippen molar-refractivity contribution in [1.82, 2.24) is 0 Å². The first-order chi connectivity index (χ1) is 7.20. The molecule has 1 rings (SSSR count). The average Bonchev–Trinajstić information content (AvgIpc) is 2.13. The van der Waals surface area contributed by atoms with Gasteiger partial charge in [-0.1, -0.05) is 51.1 Å². The Labute approximate surface area is 103 Å². The summed E-state index contributed by atoms with van der Waals surface area (Å²) in [6.45, 7) is 13.7. The highest BCUT2D eigenvalue weighted by Gasteiger charge is 2.33. The molecule has 0 saturated heterocycles. The fraction of sp³-hybridized carbons (Fsp3) is 0.538. The van der Waals surface area contributed by atoms with Crippen molar-refractivity contribution in [1.29, 1.82) is 0 Å². The second-order valence-corrected chi connectivity index (χ2v) is 14.7. The lowest BCUT2D eigenvalue weighted by Gasteiger charge is -2.34. The fourth-order valence-corrected chi connectivity index (χ4v) is 8.08. The maximum absolute atomic E-state index is 6.47. The van der Waals surface area contributed by atoms with Gasteiger partial charge in [0.25, 0.3) is 0 Å². The van der Waals surface area contributed by atoms with Crippen molar-refractivity contribution in [2.75, 3.05) is 0 Å². The van der Waals surface area contributed by atoms with Gasteiger partial charge >= 0.3 is 0 Å². The second kappa shape index (κ2) is 4.86. The molecule has 0 spiro atoms. The molecule has 0 fully saturated rings. The van der Waals surface area contributed by atoms with Gasteiger partial charge in [-0.05, 0) is 29.9 Å². The van der Waals surface area contributed by atoms with Gasteiger partial charge in [-0.3, -0.25) is 0 Å². The van der Waals surface area contributed by atoms with E-state index in [0.717, 1.165) is 0 Å². The summed E-state index contributed by atoms with van der Waals surface area (Å²) in [5, 5.41) is 1.71. The topological polar surface area (TPSA) is 9.23 Å². The average molecular weight is 253 g/mol. The minimum atomic E-state index is -1.45. The smallest absolute Gasteiger partial charge is 0.201 e. The van der Waals surface area contributed by atoms with E-state index in [1.807, 2.05) is 0 Å². The molecule has 0 amide bonds. The largest absolute Gasteiger partial charge is 0.454 e. The first-order valence-corrected chi connectivity index (χ1v) is 11.0. The molecule has 0 saturated carbocycles. The lowest BCUT2D eigenvalue weighted by atomic mass is 10.2. The van der Waals surface area contributed by atoms with Crippen LogP contribution in [0.25, 0.3) is 0 Å². The van der Waals surface area contributed by atoms with E-state index in [9.17, 15) is 0 Å². The minimum absolute atomic E-state index is 0.279. The van der Waals surface area contributed by atoms with E-state index in [4.69, 9.17) is 4.12 Å². The van der Waals surface area contributed by atoms with Crippen molar-refractivity contribution in [3.8, 4) is 0 Å². The third-order valence-electron chi connectivity index (χ3n) is 2.36. The molecule has 0 bridgehead atoms. The quantitative estimate of drug-likeness (QED) is 0.750. The molecule has 0 heterocycles.